The average molecular weight is 315 g/mol. The average Bonchev–Trinajstić information content (AvgIpc) is 2.44. The lowest BCUT2D eigenvalue weighted by Crippen LogP contribution is -2.36. The first-order chi connectivity index (χ1) is 9.83. The van der Waals surface area contributed by atoms with E-state index in [4.69, 9.17) is 9.84 Å². The molecule has 0 aliphatic rings. The van der Waals surface area contributed by atoms with Crippen molar-refractivity contribution in [2.24, 2.45) is 5.92 Å². The maximum absolute atomic E-state index is 12.0. The Bertz CT molecular complexity index is 544. The quantitative estimate of drug-likeness (QED) is 0.692. The Labute approximate surface area is 125 Å². The van der Waals surface area contributed by atoms with Crippen LogP contribution in [0.5, 0.6) is 0 Å². The molecule has 1 aromatic rings. The Hall–Kier alpha value is -1.44. The zero-order valence-electron chi connectivity index (χ0n) is 12.2. The minimum Gasteiger partial charge on any atom is -0.481 e. The van der Waals surface area contributed by atoms with Gasteiger partial charge in [0, 0.05) is 13.6 Å². The number of hydrogen-bond donors (Lipinski definition) is 1. The number of aliphatic carboxylic acids is 1. The molecule has 1 unspecified atom stereocenters. The van der Waals surface area contributed by atoms with Crippen molar-refractivity contribution in [3.63, 3.8) is 0 Å². The highest BCUT2D eigenvalue weighted by atomic mass is 32.2. The summed E-state index contributed by atoms with van der Waals surface area (Å²) >= 11 is 0. The summed E-state index contributed by atoms with van der Waals surface area (Å²) in [5.41, 5.74) is 0.975. The van der Waals surface area contributed by atoms with Gasteiger partial charge in [-0.1, -0.05) is 37.3 Å². The van der Waals surface area contributed by atoms with Crippen molar-refractivity contribution in [3.05, 3.63) is 35.9 Å². The molecule has 1 N–H and O–H groups in total. The predicted octanol–water partition coefficient (Wildman–Crippen LogP) is 1.19. The summed E-state index contributed by atoms with van der Waals surface area (Å²) in [6.07, 6.45) is 0. The molecule has 7 heteroatoms. The SMILES string of the molecule is CC(CN(C)S(=O)(=O)CCOCc1ccccc1)C(=O)O. The van der Waals surface area contributed by atoms with Gasteiger partial charge in [-0.2, -0.15) is 0 Å². The van der Waals surface area contributed by atoms with Gasteiger partial charge in [0.25, 0.3) is 0 Å². The fourth-order valence-electron chi connectivity index (χ4n) is 1.66. The number of carbonyl (C=O) groups is 1. The first-order valence-electron chi connectivity index (χ1n) is 6.61. The lowest BCUT2D eigenvalue weighted by molar-refractivity contribution is -0.141. The molecule has 0 spiro atoms. The summed E-state index contributed by atoms with van der Waals surface area (Å²) in [6.45, 7) is 1.85. The lowest BCUT2D eigenvalue weighted by Gasteiger charge is -2.19. The standard InChI is InChI=1S/C14H21NO5S/c1-12(14(16)17)10-15(2)21(18,19)9-8-20-11-13-6-4-3-5-7-13/h3-7,12H,8-11H2,1-2H3,(H,16,17). The second-order valence-electron chi connectivity index (χ2n) is 4.87. The van der Waals surface area contributed by atoms with Crippen molar-refractivity contribution in [1.29, 1.82) is 0 Å². The van der Waals surface area contributed by atoms with Crippen molar-refractivity contribution in [2.75, 3.05) is 26.0 Å². The van der Waals surface area contributed by atoms with E-state index < -0.39 is 21.9 Å². The first kappa shape index (κ1) is 17.6. The van der Waals surface area contributed by atoms with Crippen LogP contribution in [0.4, 0.5) is 0 Å². The number of nitrogens with zero attached hydrogens (tertiary/aromatic N) is 1. The molecule has 0 aliphatic heterocycles. The van der Waals surface area contributed by atoms with Gasteiger partial charge in [-0.05, 0) is 5.56 Å². The number of carboxylic acid groups (broad SMARTS) is 1. The van der Waals surface area contributed by atoms with Crippen LogP contribution in [0, 0.1) is 5.92 Å². The number of rotatable bonds is 9. The van der Waals surface area contributed by atoms with Crippen molar-refractivity contribution in [1.82, 2.24) is 4.31 Å². The molecule has 0 aliphatic carbocycles. The number of carboxylic acids is 1. The van der Waals surface area contributed by atoms with Gasteiger partial charge in [0.1, 0.15) is 0 Å². The van der Waals surface area contributed by atoms with Crippen molar-refractivity contribution >= 4 is 16.0 Å². The minimum atomic E-state index is -3.50. The second-order valence-corrected chi connectivity index (χ2v) is 7.07. The van der Waals surface area contributed by atoms with Gasteiger partial charge in [-0.25, -0.2) is 12.7 Å². The van der Waals surface area contributed by atoms with Gasteiger partial charge >= 0.3 is 5.97 Å². The monoisotopic (exact) mass is 315 g/mol. The van der Waals surface area contributed by atoms with E-state index in [1.54, 1.807) is 0 Å². The van der Waals surface area contributed by atoms with Gasteiger partial charge in [-0.15, -0.1) is 0 Å². The number of sulfonamides is 1. The molecule has 1 rings (SSSR count). The Kier molecular flexibility index (Phi) is 6.80. The molecule has 0 aromatic heterocycles. The molecular weight excluding hydrogens is 294 g/mol. The predicted molar refractivity (Wildman–Crippen MR) is 79.3 cm³/mol. The molecule has 1 aromatic carbocycles. The molecule has 118 valence electrons. The molecule has 0 amide bonds. The Morgan fingerprint density at radius 3 is 2.52 bits per heavy atom. The Morgan fingerprint density at radius 1 is 1.33 bits per heavy atom. The van der Waals surface area contributed by atoms with E-state index in [2.05, 4.69) is 0 Å². The largest absolute Gasteiger partial charge is 0.481 e. The molecule has 0 radical (unpaired) electrons. The summed E-state index contributed by atoms with van der Waals surface area (Å²) in [5, 5.41) is 8.79. The summed E-state index contributed by atoms with van der Waals surface area (Å²) in [4.78, 5) is 10.7. The van der Waals surface area contributed by atoms with Crippen LogP contribution in [0.1, 0.15) is 12.5 Å². The van der Waals surface area contributed by atoms with E-state index in [0.717, 1.165) is 9.87 Å². The molecule has 1 atom stereocenters. The van der Waals surface area contributed by atoms with Crippen molar-refractivity contribution in [3.8, 4) is 0 Å². The Balaban J connectivity index is 2.37. The van der Waals surface area contributed by atoms with E-state index >= 15 is 0 Å². The number of hydrogen-bond acceptors (Lipinski definition) is 4. The zero-order valence-corrected chi connectivity index (χ0v) is 13.0. The van der Waals surface area contributed by atoms with Gasteiger partial charge in [-0.3, -0.25) is 4.79 Å². The van der Waals surface area contributed by atoms with Crippen LogP contribution in [0.2, 0.25) is 0 Å². The molecule has 0 fully saturated rings. The van der Waals surface area contributed by atoms with E-state index in [-0.39, 0.29) is 18.9 Å². The number of benzene rings is 1. The highest BCUT2D eigenvalue weighted by molar-refractivity contribution is 7.89. The third kappa shape index (κ3) is 6.24. The van der Waals surface area contributed by atoms with E-state index in [1.807, 2.05) is 30.3 Å². The highest BCUT2D eigenvalue weighted by Gasteiger charge is 2.22. The molecule has 0 saturated heterocycles. The molecule has 6 nitrogen and oxygen atoms in total. The smallest absolute Gasteiger partial charge is 0.307 e. The normalized spacial score (nSPS) is 13.3. The van der Waals surface area contributed by atoms with Gasteiger partial charge in [0.05, 0.1) is 24.9 Å². The van der Waals surface area contributed by atoms with Crippen LogP contribution in [0.3, 0.4) is 0 Å². The zero-order chi connectivity index (χ0) is 15.9. The topological polar surface area (TPSA) is 83.9 Å². The van der Waals surface area contributed by atoms with Crippen LogP contribution in [0.25, 0.3) is 0 Å². The summed E-state index contributed by atoms with van der Waals surface area (Å²) in [7, 11) is -2.12. The van der Waals surface area contributed by atoms with Crippen LogP contribution in [-0.4, -0.2) is 49.8 Å². The number of ether oxygens (including phenoxy) is 1. The van der Waals surface area contributed by atoms with E-state index in [9.17, 15) is 13.2 Å². The molecule has 0 bridgehead atoms. The molecule has 21 heavy (non-hydrogen) atoms. The second kappa shape index (κ2) is 8.11. The fraction of sp³-hybridized carbons (Fsp3) is 0.500. The Morgan fingerprint density at radius 2 is 1.95 bits per heavy atom. The maximum Gasteiger partial charge on any atom is 0.307 e. The first-order valence-corrected chi connectivity index (χ1v) is 8.22. The van der Waals surface area contributed by atoms with Gasteiger partial charge < -0.3 is 9.84 Å². The highest BCUT2D eigenvalue weighted by Crippen LogP contribution is 2.06. The third-order valence-electron chi connectivity index (χ3n) is 3.02. The van der Waals surface area contributed by atoms with Crippen LogP contribution >= 0.6 is 0 Å². The molecule has 0 saturated carbocycles. The van der Waals surface area contributed by atoms with Crippen molar-refractivity contribution < 1.29 is 23.1 Å². The van der Waals surface area contributed by atoms with Gasteiger partial charge in [0.15, 0.2) is 0 Å². The molecule has 0 heterocycles. The van der Waals surface area contributed by atoms with Crippen LogP contribution in [-0.2, 0) is 26.2 Å². The third-order valence-corrected chi connectivity index (χ3v) is 4.81. The molecular formula is C14H21NO5S. The summed E-state index contributed by atoms with van der Waals surface area (Å²) < 4.78 is 30.3. The minimum absolute atomic E-state index is 0.0453. The fourth-order valence-corrected chi connectivity index (χ4v) is 2.75. The summed E-state index contributed by atoms with van der Waals surface area (Å²) in [5.74, 6) is -1.92. The summed E-state index contributed by atoms with van der Waals surface area (Å²) in [6, 6.07) is 9.46. The van der Waals surface area contributed by atoms with Crippen molar-refractivity contribution in [2.45, 2.75) is 13.5 Å². The van der Waals surface area contributed by atoms with E-state index in [1.165, 1.54) is 14.0 Å². The van der Waals surface area contributed by atoms with Gasteiger partial charge in [0.2, 0.25) is 10.0 Å². The van der Waals surface area contributed by atoms with Crippen LogP contribution < -0.4 is 0 Å². The maximum atomic E-state index is 12.0. The lowest BCUT2D eigenvalue weighted by atomic mass is 10.2. The van der Waals surface area contributed by atoms with Crippen LogP contribution in [0.15, 0.2) is 30.3 Å². The van der Waals surface area contributed by atoms with E-state index in [0.29, 0.717) is 6.61 Å².